The molecule has 2 heteroatoms. The van der Waals surface area contributed by atoms with Crippen LogP contribution in [0.1, 0.15) is 30.4 Å². The number of hydrogen-bond acceptors (Lipinski definition) is 2. The molecule has 1 aromatic carbocycles. The molecule has 16 heavy (non-hydrogen) atoms. The van der Waals surface area contributed by atoms with E-state index in [9.17, 15) is 0 Å². The molecular weight excluding hydrogens is 200 g/mol. The molecule has 0 amide bonds. The first-order valence-electron chi connectivity index (χ1n) is 5.69. The summed E-state index contributed by atoms with van der Waals surface area (Å²) in [6, 6.07) is 7.93. The van der Waals surface area contributed by atoms with Gasteiger partial charge in [-0.3, -0.25) is 0 Å². The van der Waals surface area contributed by atoms with Crippen molar-refractivity contribution in [1.82, 2.24) is 0 Å². The molecular formula is C14H16O2. The number of hydrogen-bond donors (Lipinski definition) is 1. The Morgan fingerprint density at radius 3 is 2.81 bits per heavy atom. The molecule has 0 atom stereocenters. The van der Waals surface area contributed by atoms with E-state index in [0.717, 1.165) is 11.1 Å². The van der Waals surface area contributed by atoms with E-state index in [1.54, 1.807) is 0 Å². The van der Waals surface area contributed by atoms with Crippen LogP contribution in [0.2, 0.25) is 0 Å². The van der Waals surface area contributed by atoms with Gasteiger partial charge in [-0.1, -0.05) is 30.0 Å². The summed E-state index contributed by atoms with van der Waals surface area (Å²) in [6.07, 6.45) is 4.10. The molecule has 0 unspecified atom stereocenters. The van der Waals surface area contributed by atoms with Crippen LogP contribution in [0.15, 0.2) is 24.3 Å². The third-order valence-corrected chi connectivity index (χ3v) is 2.85. The smallest absolute Gasteiger partial charge is 0.104 e. The monoisotopic (exact) mass is 216 g/mol. The van der Waals surface area contributed by atoms with Crippen LogP contribution in [0.5, 0.6) is 0 Å². The van der Waals surface area contributed by atoms with Gasteiger partial charge in [0.25, 0.3) is 0 Å². The molecule has 1 saturated carbocycles. The van der Waals surface area contributed by atoms with Crippen molar-refractivity contribution in [2.45, 2.75) is 32.0 Å². The molecule has 1 aliphatic carbocycles. The average molecular weight is 216 g/mol. The Morgan fingerprint density at radius 1 is 1.31 bits per heavy atom. The van der Waals surface area contributed by atoms with Gasteiger partial charge in [-0.15, -0.1) is 0 Å². The Balaban J connectivity index is 2.00. The van der Waals surface area contributed by atoms with Gasteiger partial charge in [-0.25, -0.2) is 0 Å². The highest BCUT2D eigenvalue weighted by atomic mass is 16.5. The number of ether oxygens (including phenoxy) is 1. The van der Waals surface area contributed by atoms with Crippen LogP contribution in [0.4, 0.5) is 0 Å². The van der Waals surface area contributed by atoms with Crippen molar-refractivity contribution < 1.29 is 9.84 Å². The minimum atomic E-state index is -0.0994. The summed E-state index contributed by atoms with van der Waals surface area (Å²) in [7, 11) is 0. The van der Waals surface area contributed by atoms with Crippen molar-refractivity contribution in [3.8, 4) is 11.8 Å². The average Bonchev–Trinajstić information content (AvgIpc) is 2.26. The third kappa shape index (κ3) is 2.85. The van der Waals surface area contributed by atoms with E-state index < -0.39 is 0 Å². The fourth-order valence-corrected chi connectivity index (χ4v) is 1.65. The molecule has 0 aromatic heterocycles. The standard InChI is InChI=1S/C14H16O2/c15-10-4-7-12-5-1-2-6-13(12)11-16-14-8-3-9-14/h1-2,5-6,14-15H,3,8-11H2. The van der Waals surface area contributed by atoms with Crippen molar-refractivity contribution in [3.63, 3.8) is 0 Å². The van der Waals surface area contributed by atoms with Crippen LogP contribution in [0.25, 0.3) is 0 Å². The summed E-state index contributed by atoms with van der Waals surface area (Å²) in [5.41, 5.74) is 2.06. The molecule has 1 aliphatic rings. The van der Waals surface area contributed by atoms with Crippen molar-refractivity contribution in [1.29, 1.82) is 0 Å². The SMILES string of the molecule is OCC#Cc1ccccc1COC1CCC1. The van der Waals surface area contributed by atoms with Gasteiger partial charge >= 0.3 is 0 Å². The van der Waals surface area contributed by atoms with Crippen molar-refractivity contribution in [2.75, 3.05) is 6.61 Å². The summed E-state index contributed by atoms with van der Waals surface area (Å²) >= 11 is 0. The van der Waals surface area contributed by atoms with E-state index in [1.165, 1.54) is 19.3 Å². The largest absolute Gasteiger partial charge is 0.384 e. The quantitative estimate of drug-likeness (QED) is 0.784. The van der Waals surface area contributed by atoms with Gasteiger partial charge < -0.3 is 9.84 Å². The van der Waals surface area contributed by atoms with Crippen LogP contribution in [0, 0.1) is 11.8 Å². The lowest BCUT2D eigenvalue weighted by atomic mass is 9.96. The Morgan fingerprint density at radius 2 is 2.12 bits per heavy atom. The molecule has 0 bridgehead atoms. The molecule has 2 rings (SSSR count). The zero-order chi connectivity index (χ0) is 11.2. The number of aliphatic hydroxyl groups is 1. The fourth-order valence-electron chi connectivity index (χ4n) is 1.65. The fraction of sp³-hybridized carbons (Fsp3) is 0.429. The maximum atomic E-state index is 8.68. The van der Waals surface area contributed by atoms with E-state index >= 15 is 0 Å². The van der Waals surface area contributed by atoms with Crippen LogP contribution >= 0.6 is 0 Å². The lowest BCUT2D eigenvalue weighted by molar-refractivity contribution is -0.00873. The molecule has 0 radical (unpaired) electrons. The summed E-state index contributed by atoms with van der Waals surface area (Å²) in [5.74, 6) is 5.61. The third-order valence-electron chi connectivity index (χ3n) is 2.85. The van der Waals surface area contributed by atoms with Gasteiger partial charge in [0.15, 0.2) is 0 Å². The van der Waals surface area contributed by atoms with Crippen molar-refractivity contribution in [3.05, 3.63) is 35.4 Å². The summed E-state index contributed by atoms with van der Waals surface area (Å²) in [5, 5.41) is 8.68. The van der Waals surface area contributed by atoms with Crippen LogP contribution in [-0.4, -0.2) is 17.8 Å². The minimum Gasteiger partial charge on any atom is -0.384 e. The second-order valence-electron chi connectivity index (χ2n) is 3.98. The highest BCUT2D eigenvalue weighted by molar-refractivity contribution is 5.40. The Bertz CT molecular complexity index is 397. The summed E-state index contributed by atoms with van der Waals surface area (Å²) in [4.78, 5) is 0. The summed E-state index contributed by atoms with van der Waals surface area (Å²) < 4.78 is 5.75. The molecule has 0 aliphatic heterocycles. The number of aliphatic hydroxyl groups excluding tert-OH is 1. The zero-order valence-electron chi connectivity index (χ0n) is 9.28. The molecule has 1 aromatic rings. The van der Waals surface area contributed by atoms with Crippen LogP contribution < -0.4 is 0 Å². The van der Waals surface area contributed by atoms with Crippen molar-refractivity contribution in [2.24, 2.45) is 0 Å². The molecule has 1 N–H and O–H groups in total. The lowest BCUT2D eigenvalue weighted by Gasteiger charge is -2.25. The van der Waals surface area contributed by atoms with Gasteiger partial charge in [0.2, 0.25) is 0 Å². The van der Waals surface area contributed by atoms with E-state index in [4.69, 9.17) is 9.84 Å². The molecule has 84 valence electrons. The number of rotatable bonds is 3. The maximum Gasteiger partial charge on any atom is 0.104 e. The Kier molecular flexibility index (Phi) is 3.98. The predicted molar refractivity (Wildman–Crippen MR) is 62.8 cm³/mol. The van der Waals surface area contributed by atoms with E-state index in [0.29, 0.717) is 12.7 Å². The van der Waals surface area contributed by atoms with E-state index in [1.807, 2.05) is 24.3 Å². The first-order chi connectivity index (χ1) is 7.90. The lowest BCUT2D eigenvalue weighted by Crippen LogP contribution is -2.21. The minimum absolute atomic E-state index is 0.0994. The maximum absolute atomic E-state index is 8.68. The molecule has 0 heterocycles. The summed E-state index contributed by atoms with van der Waals surface area (Å²) in [6.45, 7) is 0.527. The second kappa shape index (κ2) is 5.69. The second-order valence-corrected chi connectivity index (χ2v) is 3.98. The van der Waals surface area contributed by atoms with Gasteiger partial charge in [-0.05, 0) is 30.9 Å². The molecule has 0 saturated heterocycles. The Hall–Kier alpha value is -1.30. The highest BCUT2D eigenvalue weighted by Gasteiger charge is 2.17. The highest BCUT2D eigenvalue weighted by Crippen LogP contribution is 2.23. The molecule has 2 nitrogen and oxygen atoms in total. The van der Waals surface area contributed by atoms with Crippen LogP contribution in [-0.2, 0) is 11.3 Å². The topological polar surface area (TPSA) is 29.5 Å². The van der Waals surface area contributed by atoms with Crippen molar-refractivity contribution >= 4 is 0 Å². The van der Waals surface area contributed by atoms with E-state index in [2.05, 4.69) is 11.8 Å². The first-order valence-corrected chi connectivity index (χ1v) is 5.69. The van der Waals surface area contributed by atoms with Gasteiger partial charge in [0.1, 0.15) is 6.61 Å². The van der Waals surface area contributed by atoms with Gasteiger partial charge in [-0.2, -0.15) is 0 Å². The predicted octanol–water partition coefficient (Wildman–Crippen LogP) is 2.10. The normalized spacial score (nSPS) is 15.1. The molecule has 0 spiro atoms. The van der Waals surface area contributed by atoms with Gasteiger partial charge in [0.05, 0.1) is 12.7 Å². The zero-order valence-corrected chi connectivity index (χ0v) is 9.28. The van der Waals surface area contributed by atoms with Gasteiger partial charge in [0, 0.05) is 5.56 Å². The van der Waals surface area contributed by atoms with Crippen LogP contribution in [0.3, 0.4) is 0 Å². The first kappa shape index (κ1) is 11.2. The number of benzene rings is 1. The molecule has 1 fully saturated rings. The van der Waals surface area contributed by atoms with E-state index in [-0.39, 0.29) is 6.61 Å². The Labute approximate surface area is 96.3 Å².